The first-order valence-electron chi connectivity index (χ1n) is 15.1. The highest BCUT2D eigenvalue weighted by Gasteiger charge is 2.22. The SMILES string of the molecule is CC(C)(C)c1cc(Cc2cc(Cc3ccc(O)c(C(C)(C)C)c3)c(O)c(Cc3ccc(O)c(C(C)(C)C)c3)c2)ccc1O. The third kappa shape index (κ3) is 7.54. The molecule has 0 aliphatic carbocycles. The molecule has 4 aromatic carbocycles. The van der Waals surface area contributed by atoms with Crippen molar-refractivity contribution in [3.05, 3.63) is 117 Å². The van der Waals surface area contributed by atoms with Gasteiger partial charge in [-0.25, -0.2) is 0 Å². The molecule has 0 amide bonds. The summed E-state index contributed by atoms with van der Waals surface area (Å²) in [5.74, 6) is 1.12. The van der Waals surface area contributed by atoms with Crippen molar-refractivity contribution in [2.75, 3.05) is 0 Å². The molecule has 43 heavy (non-hydrogen) atoms. The minimum atomic E-state index is -0.220. The maximum absolute atomic E-state index is 11.6. The lowest BCUT2D eigenvalue weighted by Crippen LogP contribution is -2.12. The van der Waals surface area contributed by atoms with E-state index in [2.05, 4.69) is 80.5 Å². The summed E-state index contributed by atoms with van der Waals surface area (Å²) in [6, 6.07) is 21.3. The summed E-state index contributed by atoms with van der Waals surface area (Å²) in [4.78, 5) is 0. The molecule has 4 N–H and O–H groups in total. The smallest absolute Gasteiger partial charge is 0.122 e. The van der Waals surface area contributed by atoms with E-state index < -0.39 is 0 Å². The first-order valence-corrected chi connectivity index (χ1v) is 15.1. The highest BCUT2D eigenvalue weighted by atomic mass is 16.3. The average molecular weight is 581 g/mol. The number of phenolic OH excluding ortho intramolecular Hbond substituents is 4. The van der Waals surface area contributed by atoms with E-state index in [4.69, 9.17) is 0 Å². The van der Waals surface area contributed by atoms with Gasteiger partial charge in [-0.05, 0) is 90.9 Å². The van der Waals surface area contributed by atoms with E-state index in [-0.39, 0.29) is 33.5 Å². The van der Waals surface area contributed by atoms with Crippen molar-refractivity contribution in [2.24, 2.45) is 0 Å². The van der Waals surface area contributed by atoms with Crippen LogP contribution in [0.1, 0.15) is 112 Å². The van der Waals surface area contributed by atoms with E-state index >= 15 is 0 Å². The number of benzene rings is 4. The maximum Gasteiger partial charge on any atom is 0.122 e. The van der Waals surface area contributed by atoms with Gasteiger partial charge in [0.2, 0.25) is 0 Å². The van der Waals surface area contributed by atoms with Gasteiger partial charge in [-0.3, -0.25) is 0 Å². The fourth-order valence-corrected chi connectivity index (χ4v) is 5.76. The zero-order valence-corrected chi connectivity index (χ0v) is 27.3. The molecule has 4 nitrogen and oxygen atoms in total. The molecule has 0 saturated carbocycles. The second-order valence-corrected chi connectivity index (χ2v) is 15.1. The lowest BCUT2D eigenvalue weighted by molar-refractivity contribution is 0.445. The van der Waals surface area contributed by atoms with E-state index in [1.54, 1.807) is 18.2 Å². The Hall–Kier alpha value is -3.92. The van der Waals surface area contributed by atoms with Crippen LogP contribution in [0.3, 0.4) is 0 Å². The van der Waals surface area contributed by atoms with Crippen LogP contribution in [0.25, 0.3) is 0 Å². The predicted octanol–water partition coefficient (Wildman–Crippen LogP) is 9.17. The normalized spacial score (nSPS) is 12.5. The van der Waals surface area contributed by atoms with Crippen LogP contribution in [0.5, 0.6) is 23.0 Å². The topological polar surface area (TPSA) is 80.9 Å². The number of phenols is 4. The van der Waals surface area contributed by atoms with Crippen LogP contribution < -0.4 is 0 Å². The molecular formula is C39H48O4. The van der Waals surface area contributed by atoms with Gasteiger partial charge in [-0.15, -0.1) is 0 Å². The molecule has 0 unspecified atom stereocenters. The summed E-state index contributed by atoms with van der Waals surface area (Å²) in [6.45, 7) is 18.7. The molecule has 0 radical (unpaired) electrons. The standard InChI is InChI=1S/C39H48O4/c1-37(2,3)30-21-24(10-13-33(30)40)16-27-19-28(17-25-11-14-34(41)31(22-25)38(4,5)6)36(43)29(20-27)18-26-12-15-35(42)32(23-26)39(7,8)9/h10-15,19-23,40-43H,16-18H2,1-9H3. The molecule has 0 aromatic heterocycles. The number of hydrogen-bond donors (Lipinski definition) is 4. The van der Waals surface area contributed by atoms with Crippen molar-refractivity contribution in [1.29, 1.82) is 0 Å². The summed E-state index contributed by atoms with van der Waals surface area (Å²) in [6.07, 6.45) is 1.68. The highest BCUT2D eigenvalue weighted by Crippen LogP contribution is 2.37. The van der Waals surface area contributed by atoms with E-state index in [0.717, 1.165) is 50.1 Å². The van der Waals surface area contributed by atoms with E-state index in [9.17, 15) is 20.4 Å². The van der Waals surface area contributed by atoms with Crippen LogP contribution in [0.4, 0.5) is 0 Å². The monoisotopic (exact) mass is 580 g/mol. The number of hydrogen-bond acceptors (Lipinski definition) is 4. The summed E-state index contributed by atoms with van der Waals surface area (Å²) < 4.78 is 0. The van der Waals surface area contributed by atoms with Gasteiger partial charge in [0.25, 0.3) is 0 Å². The van der Waals surface area contributed by atoms with E-state index in [0.29, 0.717) is 25.0 Å². The maximum atomic E-state index is 11.6. The molecule has 0 aliphatic heterocycles. The third-order valence-electron chi connectivity index (χ3n) is 8.13. The Balaban J connectivity index is 1.80. The fourth-order valence-electron chi connectivity index (χ4n) is 5.76. The van der Waals surface area contributed by atoms with Gasteiger partial charge in [0.1, 0.15) is 23.0 Å². The Bertz CT molecular complexity index is 1540. The van der Waals surface area contributed by atoms with Gasteiger partial charge in [-0.2, -0.15) is 0 Å². The molecule has 4 rings (SSSR count). The Morgan fingerprint density at radius 1 is 0.395 bits per heavy atom. The van der Waals surface area contributed by atoms with Gasteiger partial charge < -0.3 is 20.4 Å². The van der Waals surface area contributed by atoms with E-state index in [1.165, 1.54) is 0 Å². The molecule has 0 heterocycles. The van der Waals surface area contributed by atoms with Gasteiger partial charge in [0, 0.05) is 12.8 Å². The minimum Gasteiger partial charge on any atom is -0.508 e. The molecule has 0 spiro atoms. The Kier molecular flexibility index (Phi) is 8.66. The fraction of sp³-hybridized carbons (Fsp3) is 0.385. The van der Waals surface area contributed by atoms with Crippen LogP contribution in [0.15, 0.2) is 66.7 Å². The van der Waals surface area contributed by atoms with E-state index in [1.807, 2.05) is 30.3 Å². The molecular weight excluding hydrogens is 532 g/mol. The van der Waals surface area contributed by atoms with Crippen LogP contribution >= 0.6 is 0 Å². The molecule has 0 aliphatic rings. The molecule has 228 valence electrons. The largest absolute Gasteiger partial charge is 0.508 e. The lowest BCUT2D eigenvalue weighted by Gasteiger charge is -2.22. The second kappa shape index (κ2) is 11.6. The first-order chi connectivity index (χ1) is 19.8. The summed E-state index contributed by atoms with van der Waals surface area (Å²) >= 11 is 0. The Labute approximate surface area is 257 Å². The Morgan fingerprint density at radius 2 is 0.698 bits per heavy atom. The van der Waals surface area contributed by atoms with Crippen LogP contribution in [-0.2, 0) is 35.5 Å². The predicted molar refractivity (Wildman–Crippen MR) is 177 cm³/mol. The van der Waals surface area contributed by atoms with Gasteiger partial charge in [0.05, 0.1) is 0 Å². The van der Waals surface area contributed by atoms with Crippen molar-refractivity contribution < 1.29 is 20.4 Å². The Morgan fingerprint density at radius 3 is 1.00 bits per heavy atom. The van der Waals surface area contributed by atoms with Crippen molar-refractivity contribution in [2.45, 2.75) is 97.8 Å². The molecule has 0 atom stereocenters. The van der Waals surface area contributed by atoms with Crippen LogP contribution in [0.2, 0.25) is 0 Å². The second-order valence-electron chi connectivity index (χ2n) is 15.1. The van der Waals surface area contributed by atoms with Crippen LogP contribution in [-0.4, -0.2) is 20.4 Å². The van der Waals surface area contributed by atoms with Gasteiger partial charge in [0.15, 0.2) is 0 Å². The molecule has 4 aromatic rings. The summed E-state index contributed by atoms with van der Waals surface area (Å²) in [7, 11) is 0. The highest BCUT2D eigenvalue weighted by molar-refractivity contribution is 5.52. The molecule has 0 fully saturated rings. The van der Waals surface area contributed by atoms with Gasteiger partial charge in [-0.1, -0.05) is 111 Å². The van der Waals surface area contributed by atoms with Crippen molar-refractivity contribution in [3.8, 4) is 23.0 Å². The number of aromatic hydroxyl groups is 4. The van der Waals surface area contributed by atoms with Gasteiger partial charge >= 0.3 is 0 Å². The van der Waals surface area contributed by atoms with Crippen LogP contribution in [0, 0.1) is 0 Å². The number of rotatable bonds is 6. The minimum absolute atomic E-state index is 0.196. The summed E-state index contributed by atoms with van der Waals surface area (Å²) in [5.41, 5.74) is 7.84. The summed E-state index contributed by atoms with van der Waals surface area (Å²) in [5, 5.41) is 43.2. The van der Waals surface area contributed by atoms with Crippen molar-refractivity contribution in [3.63, 3.8) is 0 Å². The first kappa shape index (κ1) is 32.0. The van der Waals surface area contributed by atoms with Crippen molar-refractivity contribution in [1.82, 2.24) is 0 Å². The zero-order valence-electron chi connectivity index (χ0n) is 27.3. The molecule has 0 saturated heterocycles. The quantitative estimate of drug-likeness (QED) is 0.183. The lowest BCUT2D eigenvalue weighted by atomic mass is 9.83. The van der Waals surface area contributed by atoms with Crippen molar-refractivity contribution >= 4 is 0 Å². The molecule has 4 heteroatoms. The average Bonchev–Trinajstić information content (AvgIpc) is 2.88. The molecule has 0 bridgehead atoms. The third-order valence-corrected chi connectivity index (χ3v) is 8.13. The zero-order chi connectivity index (χ0) is 31.9.